The van der Waals surface area contributed by atoms with Crippen LogP contribution in [0.25, 0.3) is 0 Å². The average molecular weight is 267 g/mol. The van der Waals surface area contributed by atoms with E-state index < -0.39 is 0 Å². The summed E-state index contributed by atoms with van der Waals surface area (Å²) in [6.07, 6.45) is 0. The van der Waals surface area contributed by atoms with E-state index in [4.69, 9.17) is 16.3 Å². The highest BCUT2D eigenvalue weighted by molar-refractivity contribution is 7.13. The van der Waals surface area contributed by atoms with Gasteiger partial charge in [0.25, 0.3) is 0 Å². The van der Waals surface area contributed by atoms with Crippen LogP contribution in [0.2, 0.25) is 5.02 Å². The molecule has 0 radical (unpaired) electrons. The minimum absolute atomic E-state index is 0.0921. The number of halogens is 1. The van der Waals surface area contributed by atoms with Gasteiger partial charge in [-0.2, -0.15) is 0 Å². The number of ketones is 1. The Bertz CT molecular complexity index is 560. The maximum atomic E-state index is 12.3. The minimum Gasteiger partial charge on any atom is -0.496 e. The van der Waals surface area contributed by atoms with Crippen molar-refractivity contribution in [2.45, 2.75) is 6.92 Å². The lowest BCUT2D eigenvalue weighted by molar-refractivity contribution is 0.103. The number of rotatable bonds is 3. The molecule has 0 aliphatic rings. The zero-order valence-corrected chi connectivity index (χ0v) is 11.1. The lowest BCUT2D eigenvalue weighted by atomic mass is 10.1. The quantitative estimate of drug-likeness (QED) is 0.787. The molecule has 0 saturated heterocycles. The van der Waals surface area contributed by atoms with Crippen LogP contribution in [0.5, 0.6) is 5.75 Å². The molecule has 0 aliphatic heterocycles. The summed E-state index contributed by atoms with van der Waals surface area (Å²) in [6.45, 7) is 1.94. The molecule has 4 heteroatoms. The van der Waals surface area contributed by atoms with Crippen LogP contribution in [0, 0.1) is 6.92 Å². The van der Waals surface area contributed by atoms with Crippen LogP contribution in [0.3, 0.4) is 0 Å². The molecule has 0 fully saturated rings. The zero-order valence-electron chi connectivity index (χ0n) is 9.49. The Balaban J connectivity index is 2.50. The van der Waals surface area contributed by atoms with Crippen molar-refractivity contribution in [2.24, 2.45) is 0 Å². The molecular weight excluding hydrogens is 256 g/mol. The molecule has 2 rings (SSSR count). The summed E-state index contributed by atoms with van der Waals surface area (Å²) in [4.78, 5) is 12.9. The maximum absolute atomic E-state index is 12.3. The van der Waals surface area contributed by atoms with Crippen LogP contribution in [-0.4, -0.2) is 12.9 Å². The van der Waals surface area contributed by atoms with Crippen LogP contribution in [-0.2, 0) is 0 Å². The molecule has 0 unspecified atom stereocenters. The van der Waals surface area contributed by atoms with Crippen molar-refractivity contribution < 1.29 is 9.53 Å². The zero-order chi connectivity index (χ0) is 12.4. The van der Waals surface area contributed by atoms with Crippen molar-refractivity contribution >= 4 is 28.7 Å². The summed E-state index contributed by atoms with van der Waals surface area (Å²) in [6, 6.07) is 7.24. The average Bonchev–Trinajstić information content (AvgIpc) is 2.74. The van der Waals surface area contributed by atoms with Gasteiger partial charge < -0.3 is 4.74 Å². The van der Waals surface area contributed by atoms with Gasteiger partial charge in [0.2, 0.25) is 5.78 Å². The summed E-state index contributed by atoms with van der Waals surface area (Å²) in [5, 5.41) is 2.29. The number of methoxy groups -OCH3 is 1. The van der Waals surface area contributed by atoms with Crippen LogP contribution >= 0.6 is 22.9 Å². The van der Waals surface area contributed by atoms with E-state index in [0.717, 1.165) is 5.56 Å². The third kappa shape index (κ3) is 2.35. The van der Waals surface area contributed by atoms with Crippen molar-refractivity contribution in [3.63, 3.8) is 0 Å². The maximum Gasteiger partial charge on any atom is 0.208 e. The SMILES string of the molecule is COc1ccc(C)cc1C(=O)c1sccc1Cl. The minimum atomic E-state index is -0.0921. The number of ether oxygens (including phenoxy) is 1. The highest BCUT2D eigenvalue weighted by atomic mass is 35.5. The largest absolute Gasteiger partial charge is 0.496 e. The normalized spacial score (nSPS) is 10.3. The molecule has 0 atom stereocenters. The molecule has 0 N–H and O–H groups in total. The second-order valence-electron chi connectivity index (χ2n) is 3.63. The van der Waals surface area contributed by atoms with Crippen molar-refractivity contribution in [3.05, 3.63) is 50.7 Å². The fourth-order valence-electron chi connectivity index (χ4n) is 1.58. The Morgan fingerprint density at radius 1 is 1.35 bits per heavy atom. The van der Waals surface area contributed by atoms with Gasteiger partial charge in [-0.25, -0.2) is 0 Å². The second kappa shape index (κ2) is 4.90. The molecular formula is C13H11ClO2S. The summed E-state index contributed by atoms with van der Waals surface area (Å²) in [5.41, 5.74) is 1.57. The van der Waals surface area contributed by atoms with Crippen molar-refractivity contribution in [1.82, 2.24) is 0 Å². The van der Waals surface area contributed by atoms with Gasteiger partial charge in [-0.05, 0) is 30.5 Å². The molecule has 0 bridgehead atoms. The van der Waals surface area contributed by atoms with Gasteiger partial charge in [0.15, 0.2) is 0 Å². The fraction of sp³-hybridized carbons (Fsp3) is 0.154. The topological polar surface area (TPSA) is 26.3 Å². The van der Waals surface area contributed by atoms with Crippen LogP contribution in [0.15, 0.2) is 29.6 Å². The number of benzene rings is 1. The first-order valence-electron chi connectivity index (χ1n) is 5.06. The third-order valence-corrected chi connectivity index (χ3v) is 3.76. The standard InChI is InChI=1S/C13H11ClO2S/c1-8-3-4-11(16-2)9(7-8)12(15)13-10(14)5-6-17-13/h3-7H,1-2H3. The number of carbonyl (C=O) groups is 1. The van der Waals surface area contributed by atoms with Crippen LogP contribution in [0.1, 0.15) is 20.8 Å². The first-order valence-corrected chi connectivity index (χ1v) is 6.31. The summed E-state index contributed by atoms with van der Waals surface area (Å²) in [5.74, 6) is 0.482. The molecule has 0 saturated carbocycles. The summed E-state index contributed by atoms with van der Waals surface area (Å²) >= 11 is 7.31. The number of hydrogen-bond donors (Lipinski definition) is 0. The van der Waals surface area contributed by atoms with E-state index in [-0.39, 0.29) is 5.78 Å². The molecule has 88 valence electrons. The number of carbonyl (C=O) groups excluding carboxylic acids is 1. The lowest BCUT2D eigenvalue weighted by Gasteiger charge is -2.07. The Morgan fingerprint density at radius 3 is 2.71 bits per heavy atom. The Morgan fingerprint density at radius 2 is 2.12 bits per heavy atom. The fourth-order valence-corrected chi connectivity index (χ4v) is 2.67. The third-order valence-electron chi connectivity index (χ3n) is 2.42. The van der Waals surface area contributed by atoms with Crippen LogP contribution in [0.4, 0.5) is 0 Å². The van der Waals surface area contributed by atoms with Crippen molar-refractivity contribution in [1.29, 1.82) is 0 Å². The molecule has 0 spiro atoms. The molecule has 17 heavy (non-hydrogen) atoms. The molecule has 1 aromatic heterocycles. The molecule has 0 amide bonds. The molecule has 2 nitrogen and oxygen atoms in total. The molecule has 1 heterocycles. The summed E-state index contributed by atoms with van der Waals surface area (Å²) < 4.78 is 5.20. The highest BCUT2D eigenvalue weighted by Gasteiger charge is 2.18. The Hall–Kier alpha value is -1.32. The van der Waals surface area contributed by atoms with Gasteiger partial charge in [-0.15, -0.1) is 11.3 Å². The van der Waals surface area contributed by atoms with E-state index in [1.807, 2.05) is 19.1 Å². The number of aryl methyl sites for hydroxylation is 1. The van der Waals surface area contributed by atoms with Gasteiger partial charge >= 0.3 is 0 Å². The molecule has 1 aromatic carbocycles. The van der Waals surface area contributed by atoms with E-state index in [0.29, 0.717) is 21.2 Å². The Kier molecular flexibility index (Phi) is 3.50. The van der Waals surface area contributed by atoms with Crippen LogP contribution < -0.4 is 4.74 Å². The second-order valence-corrected chi connectivity index (χ2v) is 4.95. The van der Waals surface area contributed by atoms with E-state index in [9.17, 15) is 4.79 Å². The van der Waals surface area contributed by atoms with E-state index in [1.54, 1.807) is 24.6 Å². The van der Waals surface area contributed by atoms with E-state index in [1.165, 1.54) is 11.3 Å². The van der Waals surface area contributed by atoms with Gasteiger partial charge in [0, 0.05) is 0 Å². The number of hydrogen-bond acceptors (Lipinski definition) is 3. The van der Waals surface area contributed by atoms with E-state index in [2.05, 4.69) is 0 Å². The first kappa shape index (κ1) is 12.1. The van der Waals surface area contributed by atoms with Gasteiger partial charge in [-0.1, -0.05) is 23.2 Å². The predicted octanol–water partition coefficient (Wildman–Crippen LogP) is 3.95. The predicted molar refractivity (Wildman–Crippen MR) is 70.5 cm³/mol. The lowest BCUT2D eigenvalue weighted by Crippen LogP contribution is -2.03. The van der Waals surface area contributed by atoms with Gasteiger partial charge in [0.1, 0.15) is 5.75 Å². The number of thiophene rings is 1. The van der Waals surface area contributed by atoms with Crippen molar-refractivity contribution in [2.75, 3.05) is 7.11 Å². The smallest absolute Gasteiger partial charge is 0.208 e. The monoisotopic (exact) mass is 266 g/mol. The van der Waals surface area contributed by atoms with Gasteiger partial charge in [-0.3, -0.25) is 4.79 Å². The van der Waals surface area contributed by atoms with Crippen molar-refractivity contribution in [3.8, 4) is 5.75 Å². The van der Waals surface area contributed by atoms with Gasteiger partial charge in [0.05, 0.1) is 22.6 Å². The molecule has 2 aromatic rings. The van der Waals surface area contributed by atoms with E-state index >= 15 is 0 Å². The molecule has 0 aliphatic carbocycles. The Labute approximate surface area is 109 Å². The first-order chi connectivity index (χ1) is 8.13. The highest BCUT2D eigenvalue weighted by Crippen LogP contribution is 2.29. The summed E-state index contributed by atoms with van der Waals surface area (Å²) in [7, 11) is 1.55.